The van der Waals surface area contributed by atoms with Crippen LogP contribution in [0.3, 0.4) is 0 Å². The number of unbranched alkanes of at least 4 members (excludes halogenated alkanes) is 2. The van der Waals surface area contributed by atoms with Gasteiger partial charge in [-0.05, 0) is 64.2 Å². The Labute approximate surface area is 159 Å². The predicted octanol–water partition coefficient (Wildman–Crippen LogP) is 3.38. The van der Waals surface area contributed by atoms with Gasteiger partial charge in [0.2, 0.25) is 5.95 Å². The maximum Gasteiger partial charge on any atom is 0.225 e. The van der Waals surface area contributed by atoms with Gasteiger partial charge in [-0.1, -0.05) is 19.8 Å². The van der Waals surface area contributed by atoms with Crippen LogP contribution in [-0.4, -0.2) is 71.6 Å². The van der Waals surface area contributed by atoms with Crippen molar-refractivity contribution in [2.75, 3.05) is 50.7 Å². The lowest BCUT2D eigenvalue weighted by atomic mass is 9.91. The first kappa shape index (κ1) is 19.6. The summed E-state index contributed by atoms with van der Waals surface area (Å²) in [6, 6.07) is 0.633. The molecule has 0 saturated carbocycles. The lowest BCUT2D eigenvalue weighted by Gasteiger charge is -2.37. The molecule has 146 valence electrons. The molecule has 2 aliphatic rings. The highest BCUT2D eigenvalue weighted by Crippen LogP contribution is 2.28. The molecule has 0 aliphatic carbocycles. The molecular formula is C21H37N5. The monoisotopic (exact) mass is 359 g/mol. The highest BCUT2D eigenvalue weighted by atomic mass is 15.3. The van der Waals surface area contributed by atoms with Crippen molar-refractivity contribution in [1.82, 2.24) is 19.8 Å². The summed E-state index contributed by atoms with van der Waals surface area (Å²) in [6.45, 7) is 14.9. The summed E-state index contributed by atoms with van der Waals surface area (Å²) < 4.78 is 0. The van der Waals surface area contributed by atoms with Crippen LogP contribution in [0, 0.1) is 0 Å². The lowest BCUT2D eigenvalue weighted by Crippen LogP contribution is -2.49. The average Bonchev–Trinajstić information content (AvgIpc) is 2.69. The number of piperidine rings is 1. The fourth-order valence-electron chi connectivity index (χ4n) is 4.22. The van der Waals surface area contributed by atoms with Crippen LogP contribution < -0.4 is 4.90 Å². The largest absolute Gasteiger partial charge is 0.338 e. The molecule has 5 nitrogen and oxygen atoms in total. The van der Waals surface area contributed by atoms with E-state index in [2.05, 4.69) is 47.9 Å². The van der Waals surface area contributed by atoms with Crippen molar-refractivity contribution in [3.8, 4) is 0 Å². The number of anilines is 1. The zero-order valence-corrected chi connectivity index (χ0v) is 17.0. The summed E-state index contributed by atoms with van der Waals surface area (Å²) in [5, 5.41) is 0. The van der Waals surface area contributed by atoms with Crippen LogP contribution in [0.1, 0.15) is 64.4 Å². The molecule has 0 aromatic carbocycles. The third-order valence-electron chi connectivity index (χ3n) is 6.12. The molecule has 5 heteroatoms. The maximum absolute atomic E-state index is 4.71. The topological polar surface area (TPSA) is 35.5 Å². The van der Waals surface area contributed by atoms with Gasteiger partial charge in [-0.3, -0.25) is 4.90 Å². The second-order valence-corrected chi connectivity index (χ2v) is 8.26. The summed E-state index contributed by atoms with van der Waals surface area (Å²) in [5.41, 5.74) is 1.34. The average molecular weight is 360 g/mol. The molecule has 0 N–H and O–H groups in total. The maximum atomic E-state index is 4.71. The van der Waals surface area contributed by atoms with E-state index >= 15 is 0 Å². The number of nitrogens with zero attached hydrogens (tertiary/aromatic N) is 5. The van der Waals surface area contributed by atoms with Crippen LogP contribution in [0.2, 0.25) is 0 Å². The summed E-state index contributed by atoms with van der Waals surface area (Å²) in [6.07, 6.45) is 10.7. The Morgan fingerprint density at radius 3 is 2.19 bits per heavy atom. The Balaban J connectivity index is 1.46. The number of piperazine rings is 1. The second-order valence-electron chi connectivity index (χ2n) is 8.26. The summed E-state index contributed by atoms with van der Waals surface area (Å²) in [4.78, 5) is 16.9. The van der Waals surface area contributed by atoms with Crippen molar-refractivity contribution in [2.24, 2.45) is 0 Å². The van der Waals surface area contributed by atoms with Gasteiger partial charge in [-0.15, -0.1) is 0 Å². The van der Waals surface area contributed by atoms with Gasteiger partial charge < -0.3 is 9.80 Å². The van der Waals surface area contributed by atoms with Crippen LogP contribution in [0.5, 0.6) is 0 Å². The lowest BCUT2D eigenvalue weighted by molar-refractivity contribution is 0.207. The van der Waals surface area contributed by atoms with Gasteiger partial charge in [0, 0.05) is 44.6 Å². The molecule has 26 heavy (non-hydrogen) atoms. The van der Waals surface area contributed by atoms with E-state index in [4.69, 9.17) is 9.97 Å². The molecule has 1 aromatic rings. The van der Waals surface area contributed by atoms with E-state index < -0.39 is 0 Å². The molecule has 2 aliphatic heterocycles. The first-order chi connectivity index (χ1) is 12.7. The molecule has 0 radical (unpaired) electrons. The zero-order chi connectivity index (χ0) is 18.4. The van der Waals surface area contributed by atoms with Gasteiger partial charge in [0.25, 0.3) is 0 Å². The van der Waals surface area contributed by atoms with Crippen LogP contribution in [0.4, 0.5) is 5.95 Å². The van der Waals surface area contributed by atoms with Gasteiger partial charge in [-0.2, -0.15) is 0 Å². The molecule has 0 unspecified atom stereocenters. The molecule has 2 fully saturated rings. The number of hydrogen-bond acceptors (Lipinski definition) is 5. The first-order valence-electron chi connectivity index (χ1n) is 10.7. The first-order valence-corrected chi connectivity index (χ1v) is 10.7. The van der Waals surface area contributed by atoms with E-state index in [0.29, 0.717) is 12.0 Å². The van der Waals surface area contributed by atoms with Crippen molar-refractivity contribution in [3.63, 3.8) is 0 Å². The Bertz CT molecular complexity index is 514. The molecule has 0 spiro atoms. The summed E-state index contributed by atoms with van der Waals surface area (Å²) in [5.74, 6) is 1.55. The van der Waals surface area contributed by atoms with Gasteiger partial charge in [0.05, 0.1) is 0 Å². The smallest absolute Gasteiger partial charge is 0.225 e. The van der Waals surface area contributed by atoms with E-state index in [-0.39, 0.29) is 0 Å². The van der Waals surface area contributed by atoms with Gasteiger partial charge >= 0.3 is 0 Å². The van der Waals surface area contributed by atoms with E-state index in [0.717, 1.165) is 32.1 Å². The number of aromatic nitrogens is 2. The highest BCUT2D eigenvalue weighted by molar-refractivity contribution is 5.31. The third-order valence-corrected chi connectivity index (χ3v) is 6.12. The number of hydrogen-bond donors (Lipinski definition) is 0. The van der Waals surface area contributed by atoms with E-state index in [1.807, 2.05) is 0 Å². The Morgan fingerprint density at radius 2 is 1.62 bits per heavy atom. The standard InChI is InChI=1S/C21H37N5/c1-4-5-6-9-24-10-7-19(8-11-24)20-16-22-21(23-17-20)26-14-12-25(13-15-26)18(2)3/h16-19H,4-15H2,1-3H3. The van der Waals surface area contributed by atoms with Crippen molar-refractivity contribution in [2.45, 2.75) is 64.8 Å². The number of likely N-dealkylation sites (tertiary alicyclic amines) is 1. The van der Waals surface area contributed by atoms with Crippen molar-refractivity contribution in [3.05, 3.63) is 18.0 Å². The molecular weight excluding hydrogens is 322 g/mol. The molecule has 3 heterocycles. The summed E-state index contributed by atoms with van der Waals surface area (Å²) >= 11 is 0. The quantitative estimate of drug-likeness (QED) is 0.698. The minimum atomic E-state index is 0.633. The minimum absolute atomic E-state index is 0.633. The van der Waals surface area contributed by atoms with E-state index in [1.54, 1.807) is 0 Å². The minimum Gasteiger partial charge on any atom is -0.338 e. The van der Waals surface area contributed by atoms with E-state index in [9.17, 15) is 0 Å². The fourth-order valence-corrected chi connectivity index (χ4v) is 4.22. The predicted molar refractivity (Wildman–Crippen MR) is 109 cm³/mol. The fraction of sp³-hybridized carbons (Fsp3) is 0.810. The normalized spacial score (nSPS) is 20.8. The molecule has 3 rings (SSSR count). The highest BCUT2D eigenvalue weighted by Gasteiger charge is 2.23. The number of rotatable bonds is 7. The van der Waals surface area contributed by atoms with E-state index in [1.165, 1.54) is 57.3 Å². The Morgan fingerprint density at radius 1 is 0.962 bits per heavy atom. The second kappa shape index (κ2) is 9.65. The SMILES string of the molecule is CCCCCN1CCC(c2cnc(N3CCN(C(C)C)CC3)nc2)CC1. The molecule has 1 aromatic heterocycles. The van der Waals surface area contributed by atoms with Crippen molar-refractivity contribution >= 4 is 5.95 Å². The van der Waals surface area contributed by atoms with Crippen molar-refractivity contribution in [1.29, 1.82) is 0 Å². The van der Waals surface area contributed by atoms with Crippen molar-refractivity contribution < 1.29 is 0 Å². The van der Waals surface area contributed by atoms with Crippen LogP contribution in [0.15, 0.2) is 12.4 Å². The van der Waals surface area contributed by atoms with Gasteiger partial charge in [0.15, 0.2) is 0 Å². The summed E-state index contributed by atoms with van der Waals surface area (Å²) in [7, 11) is 0. The molecule has 0 bridgehead atoms. The molecule has 0 atom stereocenters. The molecule has 2 saturated heterocycles. The Hall–Kier alpha value is -1.20. The van der Waals surface area contributed by atoms with Crippen LogP contribution >= 0.6 is 0 Å². The van der Waals surface area contributed by atoms with Crippen LogP contribution in [-0.2, 0) is 0 Å². The Kier molecular flexibility index (Phi) is 7.26. The molecule has 0 amide bonds. The third kappa shape index (κ3) is 5.17. The van der Waals surface area contributed by atoms with Gasteiger partial charge in [0.1, 0.15) is 0 Å². The zero-order valence-electron chi connectivity index (χ0n) is 17.0. The van der Waals surface area contributed by atoms with Gasteiger partial charge in [-0.25, -0.2) is 9.97 Å². The van der Waals surface area contributed by atoms with Crippen LogP contribution in [0.25, 0.3) is 0 Å².